The van der Waals surface area contributed by atoms with E-state index in [4.69, 9.17) is 0 Å². The fourth-order valence-electron chi connectivity index (χ4n) is 2.47. The van der Waals surface area contributed by atoms with Crippen LogP contribution in [0, 0.1) is 0 Å². The van der Waals surface area contributed by atoms with Crippen molar-refractivity contribution in [3.8, 4) is 0 Å². The van der Waals surface area contributed by atoms with Crippen molar-refractivity contribution in [2.45, 2.75) is 6.54 Å². The van der Waals surface area contributed by atoms with Crippen LogP contribution < -0.4 is 10.2 Å². The molecular weight excluding hydrogens is 350 g/mol. The van der Waals surface area contributed by atoms with Gasteiger partial charge in [0.25, 0.3) is 0 Å². The summed E-state index contributed by atoms with van der Waals surface area (Å²) in [4.78, 5) is 14.2. The first kappa shape index (κ1) is 19.9. The maximum absolute atomic E-state index is 12.2. The Balaban J connectivity index is 1.85. The average Bonchev–Trinajstić information content (AvgIpc) is 2.62. The molecule has 26 heavy (non-hydrogen) atoms. The zero-order valence-corrected chi connectivity index (χ0v) is 15.9. The van der Waals surface area contributed by atoms with Crippen molar-refractivity contribution in [2.24, 2.45) is 0 Å². The Kier molecular flexibility index (Phi) is 7.17. The second-order valence-electron chi connectivity index (χ2n) is 6.12. The van der Waals surface area contributed by atoms with Gasteiger partial charge in [-0.25, -0.2) is 8.42 Å². The second kappa shape index (κ2) is 9.35. The molecule has 0 saturated heterocycles. The normalized spacial score (nSPS) is 11.3. The van der Waals surface area contributed by atoms with E-state index in [0.29, 0.717) is 13.1 Å². The number of rotatable bonds is 9. The lowest BCUT2D eigenvalue weighted by molar-refractivity contribution is -0.121. The van der Waals surface area contributed by atoms with E-state index in [-0.39, 0.29) is 19.0 Å². The number of nitrogens with zero attached hydrogens (tertiary/aromatic N) is 2. The van der Waals surface area contributed by atoms with E-state index in [1.165, 1.54) is 4.31 Å². The van der Waals surface area contributed by atoms with Gasteiger partial charge in [0, 0.05) is 32.4 Å². The smallest absolute Gasteiger partial charge is 0.235 e. The maximum Gasteiger partial charge on any atom is 0.235 e. The first-order valence-electron chi connectivity index (χ1n) is 8.38. The summed E-state index contributed by atoms with van der Waals surface area (Å²) < 4.78 is 25.1. The zero-order valence-electron chi connectivity index (χ0n) is 15.1. The van der Waals surface area contributed by atoms with Crippen LogP contribution in [0.25, 0.3) is 0 Å². The number of carbonyl (C=O) groups excluding carboxylic acids is 1. The van der Waals surface area contributed by atoms with Gasteiger partial charge < -0.3 is 10.2 Å². The highest BCUT2D eigenvalue weighted by atomic mass is 32.2. The molecule has 0 unspecified atom stereocenters. The van der Waals surface area contributed by atoms with Gasteiger partial charge in [0.15, 0.2) is 0 Å². The minimum Gasteiger partial charge on any atom is -0.373 e. The van der Waals surface area contributed by atoms with E-state index in [1.54, 1.807) is 0 Å². The molecule has 6 nitrogen and oxygen atoms in total. The number of hydrogen-bond acceptors (Lipinski definition) is 4. The Morgan fingerprint density at radius 2 is 1.58 bits per heavy atom. The number of carbonyl (C=O) groups is 1. The summed E-state index contributed by atoms with van der Waals surface area (Å²) in [5.74, 6) is -0.312. The first-order chi connectivity index (χ1) is 12.4. The molecule has 0 heterocycles. The minimum absolute atomic E-state index is 0.178. The zero-order chi connectivity index (χ0) is 19.0. The molecule has 0 fully saturated rings. The molecule has 0 spiro atoms. The van der Waals surface area contributed by atoms with Gasteiger partial charge in [-0.3, -0.25) is 4.79 Å². The van der Waals surface area contributed by atoms with Gasteiger partial charge in [-0.15, -0.1) is 0 Å². The van der Waals surface area contributed by atoms with Gasteiger partial charge in [0.05, 0.1) is 12.8 Å². The van der Waals surface area contributed by atoms with Gasteiger partial charge >= 0.3 is 0 Å². The van der Waals surface area contributed by atoms with Crippen LogP contribution in [0.5, 0.6) is 0 Å². The number of nitrogens with one attached hydrogen (secondary N) is 1. The van der Waals surface area contributed by atoms with Crippen molar-refractivity contribution in [3.05, 3.63) is 66.2 Å². The van der Waals surface area contributed by atoms with Crippen molar-refractivity contribution >= 4 is 21.6 Å². The van der Waals surface area contributed by atoms with Crippen molar-refractivity contribution in [2.75, 3.05) is 37.8 Å². The molecular formula is C19H25N3O3S. The van der Waals surface area contributed by atoms with E-state index in [0.717, 1.165) is 17.5 Å². The van der Waals surface area contributed by atoms with Gasteiger partial charge in [0.2, 0.25) is 15.9 Å². The third kappa shape index (κ3) is 6.50. The summed E-state index contributed by atoms with van der Waals surface area (Å²) in [6, 6.07) is 19.1. The first-order valence-corrected chi connectivity index (χ1v) is 10.2. The molecule has 0 aromatic heterocycles. The van der Waals surface area contributed by atoms with E-state index in [9.17, 15) is 13.2 Å². The molecule has 0 radical (unpaired) electrons. The minimum atomic E-state index is -3.48. The van der Waals surface area contributed by atoms with Crippen LogP contribution in [0.2, 0.25) is 0 Å². The second-order valence-corrected chi connectivity index (χ2v) is 8.11. The number of anilines is 1. The highest BCUT2D eigenvalue weighted by Crippen LogP contribution is 2.10. The number of benzene rings is 2. The van der Waals surface area contributed by atoms with E-state index in [2.05, 4.69) is 5.32 Å². The molecule has 140 valence electrons. The maximum atomic E-state index is 12.2. The fraction of sp³-hybridized carbons (Fsp3) is 0.316. The highest BCUT2D eigenvalue weighted by molar-refractivity contribution is 7.88. The van der Waals surface area contributed by atoms with Crippen LogP contribution >= 0.6 is 0 Å². The van der Waals surface area contributed by atoms with Crippen LogP contribution in [0.1, 0.15) is 5.56 Å². The molecule has 1 amide bonds. The fourth-order valence-corrected chi connectivity index (χ4v) is 3.20. The Morgan fingerprint density at radius 1 is 1.00 bits per heavy atom. The Labute approximate surface area is 155 Å². The van der Waals surface area contributed by atoms with Gasteiger partial charge in [-0.1, -0.05) is 48.5 Å². The summed E-state index contributed by atoms with van der Waals surface area (Å²) in [7, 11) is -1.54. The SMILES string of the molecule is CN(CCNC(=O)CN(Cc1ccccc1)S(C)(=O)=O)c1ccccc1. The monoisotopic (exact) mass is 375 g/mol. The standard InChI is InChI=1S/C19H25N3O3S/c1-21(18-11-7-4-8-12-18)14-13-20-19(23)16-22(26(2,24)25)15-17-9-5-3-6-10-17/h3-12H,13-16H2,1-2H3,(H,20,23). The summed E-state index contributed by atoms with van der Waals surface area (Å²) in [5.41, 5.74) is 1.90. The predicted molar refractivity (Wildman–Crippen MR) is 104 cm³/mol. The number of sulfonamides is 1. The third-order valence-corrected chi connectivity index (χ3v) is 5.15. The average molecular weight is 375 g/mol. The largest absolute Gasteiger partial charge is 0.373 e. The lowest BCUT2D eigenvalue weighted by Gasteiger charge is -2.21. The molecule has 2 aromatic rings. The van der Waals surface area contributed by atoms with Crippen molar-refractivity contribution in [1.82, 2.24) is 9.62 Å². The number of para-hydroxylation sites is 1. The molecule has 0 saturated carbocycles. The van der Waals surface area contributed by atoms with Crippen LogP contribution in [-0.2, 0) is 21.4 Å². The molecule has 0 aliphatic heterocycles. The van der Waals surface area contributed by atoms with Crippen molar-refractivity contribution in [3.63, 3.8) is 0 Å². The van der Waals surface area contributed by atoms with Crippen LogP contribution in [0.4, 0.5) is 5.69 Å². The van der Waals surface area contributed by atoms with Gasteiger partial charge in [-0.05, 0) is 17.7 Å². The lowest BCUT2D eigenvalue weighted by atomic mass is 10.2. The summed E-state index contributed by atoms with van der Waals surface area (Å²) in [5, 5.41) is 2.78. The number of hydrogen-bond donors (Lipinski definition) is 1. The highest BCUT2D eigenvalue weighted by Gasteiger charge is 2.20. The van der Waals surface area contributed by atoms with Crippen LogP contribution in [0.15, 0.2) is 60.7 Å². The summed E-state index contributed by atoms with van der Waals surface area (Å²) in [6.45, 7) is 1.06. The Hall–Kier alpha value is -2.38. The van der Waals surface area contributed by atoms with E-state index >= 15 is 0 Å². The molecule has 1 N–H and O–H groups in total. The molecule has 2 aromatic carbocycles. The molecule has 0 aliphatic carbocycles. The number of amides is 1. The van der Waals surface area contributed by atoms with E-state index < -0.39 is 10.0 Å². The lowest BCUT2D eigenvalue weighted by Crippen LogP contribution is -2.41. The molecule has 0 bridgehead atoms. The van der Waals surface area contributed by atoms with Crippen molar-refractivity contribution in [1.29, 1.82) is 0 Å². The van der Waals surface area contributed by atoms with Gasteiger partial charge in [-0.2, -0.15) is 4.31 Å². The van der Waals surface area contributed by atoms with Crippen molar-refractivity contribution < 1.29 is 13.2 Å². The number of likely N-dealkylation sites (N-methyl/N-ethyl adjacent to an activating group) is 1. The Morgan fingerprint density at radius 3 is 2.15 bits per heavy atom. The van der Waals surface area contributed by atoms with Crippen LogP contribution in [0.3, 0.4) is 0 Å². The predicted octanol–water partition coefficient (Wildman–Crippen LogP) is 1.70. The van der Waals surface area contributed by atoms with Crippen LogP contribution in [-0.4, -0.2) is 51.6 Å². The molecule has 7 heteroatoms. The van der Waals surface area contributed by atoms with Gasteiger partial charge in [0.1, 0.15) is 0 Å². The quantitative estimate of drug-likeness (QED) is 0.724. The molecule has 0 aliphatic rings. The topological polar surface area (TPSA) is 69.7 Å². The Bertz CT molecular complexity index is 795. The third-order valence-electron chi connectivity index (χ3n) is 3.96. The summed E-state index contributed by atoms with van der Waals surface area (Å²) >= 11 is 0. The molecule has 2 rings (SSSR count). The summed E-state index contributed by atoms with van der Waals surface area (Å²) in [6.07, 6.45) is 1.12. The molecule has 0 atom stereocenters. The van der Waals surface area contributed by atoms with E-state index in [1.807, 2.05) is 72.6 Å².